The lowest BCUT2D eigenvalue weighted by molar-refractivity contribution is -0.0777. The van der Waals surface area contributed by atoms with Crippen molar-refractivity contribution in [1.82, 2.24) is 4.90 Å². The van der Waals surface area contributed by atoms with E-state index in [1.165, 1.54) is 0 Å². The van der Waals surface area contributed by atoms with E-state index in [9.17, 15) is 8.78 Å². The molecule has 0 aliphatic carbocycles. The Morgan fingerprint density at radius 3 is 2.27 bits per heavy atom. The molecule has 1 fully saturated rings. The molecule has 4 heteroatoms. The van der Waals surface area contributed by atoms with Crippen molar-refractivity contribution in [2.75, 3.05) is 26.2 Å². The van der Waals surface area contributed by atoms with Gasteiger partial charge in [-0.25, -0.2) is 8.78 Å². The van der Waals surface area contributed by atoms with Gasteiger partial charge in [0.05, 0.1) is 6.54 Å². The van der Waals surface area contributed by atoms with Crippen LogP contribution < -0.4 is 0 Å². The second kappa shape index (κ2) is 5.21. The minimum absolute atomic E-state index is 0.297. The highest BCUT2D eigenvalue weighted by Crippen LogP contribution is 2.26. The standard InChI is InChI=1S/C11H21F2NO/c1-9(2)10-3-5-14(6-4-10)7-11(12,13)8-15/h9-10,15H,3-8H2,1-2H3. The van der Waals surface area contributed by atoms with E-state index < -0.39 is 12.5 Å². The van der Waals surface area contributed by atoms with E-state index in [0.717, 1.165) is 25.9 Å². The van der Waals surface area contributed by atoms with Gasteiger partial charge in [0.25, 0.3) is 5.92 Å². The second-order valence-electron chi connectivity index (χ2n) is 4.87. The quantitative estimate of drug-likeness (QED) is 0.784. The van der Waals surface area contributed by atoms with Gasteiger partial charge in [-0.1, -0.05) is 13.8 Å². The second-order valence-corrected chi connectivity index (χ2v) is 4.87. The van der Waals surface area contributed by atoms with Crippen molar-refractivity contribution < 1.29 is 13.9 Å². The van der Waals surface area contributed by atoms with E-state index >= 15 is 0 Å². The fraction of sp³-hybridized carbons (Fsp3) is 1.00. The number of hydrogen-bond acceptors (Lipinski definition) is 2. The van der Waals surface area contributed by atoms with Gasteiger partial charge in [0.1, 0.15) is 6.61 Å². The zero-order chi connectivity index (χ0) is 11.5. The highest BCUT2D eigenvalue weighted by molar-refractivity contribution is 4.78. The van der Waals surface area contributed by atoms with Crippen LogP contribution in [0, 0.1) is 11.8 Å². The van der Waals surface area contributed by atoms with Gasteiger partial charge >= 0.3 is 0 Å². The summed E-state index contributed by atoms with van der Waals surface area (Å²) in [5.41, 5.74) is 0. The summed E-state index contributed by atoms with van der Waals surface area (Å²) in [6.45, 7) is 4.49. The molecule has 0 atom stereocenters. The van der Waals surface area contributed by atoms with Gasteiger partial charge in [0.2, 0.25) is 0 Å². The van der Waals surface area contributed by atoms with Crippen LogP contribution in [-0.2, 0) is 0 Å². The van der Waals surface area contributed by atoms with Crippen molar-refractivity contribution in [3.8, 4) is 0 Å². The smallest absolute Gasteiger partial charge is 0.283 e. The first-order chi connectivity index (χ1) is 6.94. The molecule has 0 unspecified atom stereocenters. The van der Waals surface area contributed by atoms with Crippen molar-refractivity contribution in [2.45, 2.75) is 32.6 Å². The largest absolute Gasteiger partial charge is 0.390 e. The van der Waals surface area contributed by atoms with Crippen LogP contribution in [0.15, 0.2) is 0 Å². The Labute approximate surface area is 90.3 Å². The molecule has 1 N–H and O–H groups in total. The highest BCUT2D eigenvalue weighted by Gasteiger charge is 2.32. The lowest BCUT2D eigenvalue weighted by Gasteiger charge is -2.35. The number of aliphatic hydroxyl groups is 1. The van der Waals surface area contributed by atoms with Crippen LogP contribution in [-0.4, -0.2) is 42.2 Å². The number of likely N-dealkylation sites (tertiary alicyclic amines) is 1. The first kappa shape index (κ1) is 12.8. The van der Waals surface area contributed by atoms with Crippen LogP contribution in [0.3, 0.4) is 0 Å². The fourth-order valence-corrected chi connectivity index (χ4v) is 2.15. The summed E-state index contributed by atoms with van der Waals surface area (Å²) in [5, 5.41) is 8.49. The van der Waals surface area contributed by atoms with Gasteiger partial charge in [-0.3, -0.25) is 4.90 Å². The highest BCUT2D eigenvalue weighted by atomic mass is 19.3. The maximum Gasteiger partial charge on any atom is 0.283 e. The SMILES string of the molecule is CC(C)C1CCN(CC(F)(F)CO)CC1. The Morgan fingerprint density at radius 1 is 1.33 bits per heavy atom. The van der Waals surface area contributed by atoms with Crippen LogP contribution in [0.1, 0.15) is 26.7 Å². The van der Waals surface area contributed by atoms with Gasteiger partial charge in [-0.15, -0.1) is 0 Å². The Kier molecular flexibility index (Phi) is 4.46. The van der Waals surface area contributed by atoms with E-state index in [1.54, 1.807) is 4.90 Å². The number of alkyl halides is 2. The average molecular weight is 221 g/mol. The predicted molar refractivity (Wildman–Crippen MR) is 56.0 cm³/mol. The van der Waals surface area contributed by atoms with Crippen molar-refractivity contribution in [3.05, 3.63) is 0 Å². The Bertz CT molecular complexity index is 189. The van der Waals surface area contributed by atoms with E-state index in [0.29, 0.717) is 11.8 Å². The molecule has 0 saturated carbocycles. The minimum Gasteiger partial charge on any atom is -0.390 e. The normalized spacial score (nSPS) is 21.2. The number of aliphatic hydroxyl groups excluding tert-OH is 1. The minimum atomic E-state index is -2.94. The summed E-state index contributed by atoms with van der Waals surface area (Å²) >= 11 is 0. The Balaban J connectivity index is 2.32. The van der Waals surface area contributed by atoms with Gasteiger partial charge in [-0.05, 0) is 37.8 Å². The first-order valence-corrected chi connectivity index (χ1v) is 5.65. The Morgan fingerprint density at radius 2 is 1.87 bits per heavy atom. The molecule has 0 aromatic rings. The molecule has 2 nitrogen and oxygen atoms in total. The molecule has 0 aromatic heterocycles. The molecular formula is C11H21F2NO. The molecule has 0 spiro atoms. The molecule has 1 rings (SSSR count). The molecular weight excluding hydrogens is 200 g/mol. The molecule has 0 radical (unpaired) electrons. The van der Waals surface area contributed by atoms with Crippen molar-refractivity contribution >= 4 is 0 Å². The molecule has 1 aliphatic heterocycles. The third-order valence-electron chi connectivity index (χ3n) is 3.26. The van der Waals surface area contributed by atoms with Gasteiger partial charge < -0.3 is 5.11 Å². The van der Waals surface area contributed by atoms with Crippen molar-refractivity contribution in [2.24, 2.45) is 11.8 Å². The average Bonchev–Trinajstić information content (AvgIpc) is 2.18. The summed E-state index contributed by atoms with van der Waals surface area (Å²) in [5.74, 6) is -1.63. The summed E-state index contributed by atoms with van der Waals surface area (Å²) in [6, 6.07) is 0. The third-order valence-corrected chi connectivity index (χ3v) is 3.26. The van der Waals surface area contributed by atoms with Crippen LogP contribution in [0.5, 0.6) is 0 Å². The number of nitrogens with zero attached hydrogens (tertiary/aromatic N) is 1. The molecule has 1 heterocycles. The summed E-state index contributed by atoms with van der Waals surface area (Å²) < 4.78 is 25.8. The topological polar surface area (TPSA) is 23.5 Å². The van der Waals surface area contributed by atoms with Gasteiger partial charge in [0.15, 0.2) is 0 Å². The summed E-state index contributed by atoms with van der Waals surface area (Å²) in [7, 11) is 0. The van der Waals surface area contributed by atoms with Crippen LogP contribution in [0.25, 0.3) is 0 Å². The van der Waals surface area contributed by atoms with Gasteiger partial charge in [-0.2, -0.15) is 0 Å². The molecule has 0 amide bonds. The van der Waals surface area contributed by atoms with E-state index in [1.807, 2.05) is 0 Å². The Hall–Kier alpha value is -0.220. The number of halogens is 2. The summed E-state index contributed by atoms with van der Waals surface area (Å²) in [4.78, 5) is 1.76. The molecule has 0 bridgehead atoms. The van der Waals surface area contributed by atoms with E-state index in [-0.39, 0.29) is 6.54 Å². The van der Waals surface area contributed by atoms with Crippen LogP contribution in [0.2, 0.25) is 0 Å². The zero-order valence-electron chi connectivity index (χ0n) is 9.55. The lowest BCUT2D eigenvalue weighted by Crippen LogP contribution is -2.43. The monoisotopic (exact) mass is 221 g/mol. The first-order valence-electron chi connectivity index (χ1n) is 5.65. The predicted octanol–water partition coefficient (Wildman–Crippen LogP) is 1.98. The van der Waals surface area contributed by atoms with Crippen molar-refractivity contribution in [3.63, 3.8) is 0 Å². The van der Waals surface area contributed by atoms with Gasteiger partial charge in [0, 0.05) is 0 Å². The third kappa shape index (κ3) is 4.03. The molecule has 0 aromatic carbocycles. The lowest BCUT2D eigenvalue weighted by atomic mass is 9.86. The molecule has 15 heavy (non-hydrogen) atoms. The van der Waals surface area contributed by atoms with Crippen LogP contribution in [0.4, 0.5) is 8.78 Å². The molecule has 1 aliphatic rings. The summed E-state index contributed by atoms with van der Waals surface area (Å²) in [6.07, 6.45) is 2.00. The number of hydrogen-bond donors (Lipinski definition) is 1. The maximum atomic E-state index is 12.9. The molecule has 1 saturated heterocycles. The fourth-order valence-electron chi connectivity index (χ4n) is 2.15. The van der Waals surface area contributed by atoms with E-state index in [2.05, 4.69) is 13.8 Å². The number of piperidine rings is 1. The molecule has 90 valence electrons. The van der Waals surface area contributed by atoms with Crippen molar-refractivity contribution in [1.29, 1.82) is 0 Å². The van der Waals surface area contributed by atoms with Crippen LogP contribution >= 0.6 is 0 Å². The number of rotatable bonds is 4. The maximum absolute atomic E-state index is 12.9. The van der Waals surface area contributed by atoms with E-state index in [4.69, 9.17) is 5.11 Å². The zero-order valence-corrected chi connectivity index (χ0v) is 9.55.